The molecule has 1 aromatic rings. The molecule has 0 aromatic heterocycles. The summed E-state index contributed by atoms with van der Waals surface area (Å²) in [4.78, 5) is 0. The number of halogens is 3. The van der Waals surface area contributed by atoms with Crippen LogP contribution in [-0.4, -0.2) is 20.7 Å². The molecule has 0 amide bonds. The molecule has 0 aliphatic rings. The molecule has 15 heavy (non-hydrogen) atoms. The molecule has 0 bridgehead atoms. The van der Waals surface area contributed by atoms with Crippen LogP contribution in [0, 0.1) is 0 Å². The Balaban J connectivity index is 3.15. The standard InChI is InChI=1S/C10H12BrF2NO/c1-14-6-10(12,13)8-5-7(11)3-4-9(8)15-2/h3-5,14H,6H2,1-2H3. The van der Waals surface area contributed by atoms with Gasteiger partial charge in [0.05, 0.1) is 19.2 Å². The molecule has 0 radical (unpaired) electrons. The van der Waals surface area contributed by atoms with Crippen LogP contribution in [0.15, 0.2) is 22.7 Å². The van der Waals surface area contributed by atoms with E-state index in [1.54, 1.807) is 6.07 Å². The van der Waals surface area contributed by atoms with E-state index in [4.69, 9.17) is 4.74 Å². The van der Waals surface area contributed by atoms with Gasteiger partial charge in [-0.2, -0.15) is 8.78 Å². The summed E-state index contributed by atoms with van der Waals surface area (Å²) in [5.74, 6) is -2.75. The monoisotopic (exact) mass is 279 g/mol. The molecule has 84 valence electrons. The first-order valence-corrected chi connectivity index (χ1v) is 5.17. The molecule has 1 rings (SSSR count). The van der Waals surface area contributed by atoms with Gasteiger partial charge in [0, 0.05) is 4.47 Å². The van der Waals surface area contributed by atoms with Gasteiger partial charge < -0.3 is 10.1 Å². The first-order valence-electron chi connectivity index (χ1n) is 4.37. The van der Waals surface area contributed by atoms with Crippen molar-refractivity contribution in [3.8, 4) is 5.75 Å². The molecule has 0 spiro atoms. The number of likely N-dealkylation sites (N-methyl/N-ethyl adjacent to an activating group) is 1. The summed E-state index contributed by atoms with van der Waals surface area (Å²) in [5, 5.41) is 2.46. The number of nitrogens with one attached hydrogen (secondary N) is 1. The molecule has 2 nitrogen and oxygen atoms in total. The van der Waals surface area contributed by atoms with Gasteiger partial charge >= 0.3 is 0 Å². The van der Waals surface area contributed by atoms with E-state index in [-0.39, 0.29) is 11.3 Å². The van der Waals surface area contributed by atoms with Crippen molar-refractivity contribution in [1.82, 2.24) is 5.32 Å². The number of alkyl halides is 2. The van der Waals surface area contributed by atoms with Crippen molar-refractivity contribution in [2.75, 3.05) is 20.7 Å². The van der Waals surface area contributed by atoms with Crippen molar-refractivity contribution >= 4 is 15.9 Å². The Morgan fingerprint density at radius 1 is 1.47 bits per heavy atom. The van der Waals surface area contributed by atoms with E-state index >= 15 is 0 Å². The minimum absolute atomic E-state index is 0.117. The van der Waals surface area contributed by atoms with Crippen molar-refractivity contribution in [3.05, 3.63) is 28.2 Å². The van der Waals surface area contributed by atoms with Gasteiger partial charge in [0.1, 0.15) is 5.75 Å². The SMILES string of the molecule is CNCC(F)(F)c1cc(Br)ccc1OC. The Bertz CT molecular complexity index is 344. The van der Waals surface area contributed by atoms with Crippen LogP contribution in [0.2, 0.25) is 0 Å². The number of hydrogen-bond acceptors (Lipinski definition) is 2. The van der Waals surface area contributed by atoms with E-state index in [1.807, 2.05) is 0 Å². The topological polar surface area (TPSA) is 21.3 Å². The number of methoxy groups -OCH3 is 1. The fourth-order valence-corrected chi connectivity index (χ4v) is 1.64. The number of rotatable bonds is 4. The molecule has 5 heteroatoms. The summed E-state index contributed by atoms with van der Waals surface area (Å²) in [7, 11) is 2.86. The maximum atomic E-state index is 13.6. The zero-order valence-electron chi connectivity index (χ0n) is 8.48. The van der Waals surface area contributed by atoms with E-state index in [9.17, 15) is 8.78 Å². The fraction of sp³-hybridized carbons (Fsp3) is 0.400. The largest absolute Gasteiger partial charge is 0.496 e. The van der Waals surface area contributed by atoms with E-state index in [0.29, 0.717) is 4.47 Å². The summed E-state index contributed by atoms with van der Waals surface area (Å²) in [5.41, 5.74) is -0.117. The summed E-state index contributed by atoms with van der Waals surface area (Å²) < 4.78 is 32.8. The summed E-state index contributed by atoms with van der Waals surface area (Å²) in [6.45, 7) is -0.417. The Kier molecular flexibility index (Phi) is 4.04. The third-order valence-corrected chi connectivity index (χ3v) is 2.45. The van der Waals surface area contributed by atoms with Crippen LogP contribution in [0.4, 0.5) is 8.78 Å². The second-order valence-electron chi connectivity index (χ2n) is 3.08. The van der Waals surface area contributed by atoms with Crippen LogP contribution in [0.25, 0.3) is 0 Å². The van der Waals surface area contributed by atoms with Crippen molar-refractivity contribution < 1.29 is 13.5 Å². The molecule has 0 heterocycles. The Morgan fingerprint density at radius 3 is 2.67 bits per heavy atom. The molecule has 0 aliphatic carbocycles. The Hall–Kier alpha value is -0.680. The van der Waals surface area contributed by atoms with Crippen molar-refractivity contribution in [2.45, 2.75) is 5.92 Å². The minimum Gasteiger partial charge on any atom is -0.496 e. The second-order valence-corrected chi connectivity index (χ2v) is 4.00. The lowest BCUT2D eigenvalue weighted by Gasteiger charge is -2.19. The van der Waals surface area contributed by atoms with Crippen LogP contribution in [0.1, 0.15) is 5.56 Å². The van der Waals surface area contributed by atoms with Gasteiger partial charge in [-0.25, -0.2) is 0 Å². The highest BCUT2D eigenvalue weighted by molar-refractivity contribution is 9.10. The van der Waals surface area contributed by atoms with E-state index in [2.05, 4.69) is 21.2 Å². The number of benzene rings is 1. The lowest BCUT2D eigenvalue weighted by atomic mass is 10.1. The molecule has 0 aliphatic heterocycles. The van der Waals surface area contributed by atoms with Crippen molar-refractivity contribution in [2.24, 2.45) is 0 Å². The van der Waals surface area contributed by atoms with Gasteiger partial charge in [0.15, 0.2) is 0 Å². The van der Waals surface area contributed by atoms with Crippen LogP contribution < -0.4 is 10.1 Å². The van der Waals surface area contributed by atoms with Crippen LogP contribution in [0.5, 0.6) is 5.75 Å². The van der Waals surface area contributed by atoms with E-state index in [1.165, 1.54) is 26.3 Å². The highest BCUT2D eigenvalue weighted by atomic mass is 79.9. The first-order chi connectivity index (χ1) is 7.01. The van der Waals surface area contributed by atoms with Gasteiger partial charge in [-0.1, -0.05) is 15.9 Å². The average Bonchev–Trinajstić information content (AvgIpc) is 2.17. The third-order valence-electron chi connectivity index (χ3n) is 1.95. The molecule has 0 fully saturated rings. The maximum absolute atomic E-state index is 13.6. The molecule has 0 saturated carbocycles. The zero-order valence-corrected chi connectivity index (χ0v) is 10.1. The summed E-state index contributed by atoms with van der Waals surface area (Å²) in [6, 6.07) is 4.55. The van der Waals surface area contributed by atoms with E-state index in [0.717, 1.165) is 0 Å². The highest BCUT2D eigenvalue weighted by Gasteiger charge is 2.34. The maximum Gasteiger partial charge on any atom is 0.288 e. The zero-order chi connectivity index (χ0) is 11.5. The summed E-state index contributed by atoms with van der Waals surface area (Å²) in [6.07, 6.45) is 0. The van der Waals surface area contributed by atoms with Crippen molar-refractivity contribution in [3.63, 3.8) is 0 Å². The van der Waals surface area contributed by atoms with Crippen molar-refractivity contribution in [1.29, 1.82) is 0 Å². The van der Waals surface area contributed by atoms with Crippen LogP contribution in [-0.2, 0) is 5.92 Å². The molecule has 0 unspecified atom stereocenters. The quantitative estimate of drug-likeness (QED) is 0.915. The van der Waals surface area contributed by atoms with Gasteiger partial charge in [0.25, 0.3) is 5.92 Å². The molecule has 0 saturated heterocycles. The summed E-state index contributed by atoms with van der Waals surface area (Å²) >= 11 is 3.16. The molecular formula is C10H12BrF2NO. The highest BCUT2D eigenvalue weighted by Crippen LogP contribution is 2.36. The van der Waals surface area contributed by atoms with Gasteiger partial charge in [-0.3, -0.25) is 0 Å². The minimum atomic E-state index is -2.94. The fourth-order valence-electron chi connectivity index (χ4n) is 1.28. The third kappa shape index (κ3) is 2.89. The first kappa shape index (κ1) is 12.4. The molecule has 1 aromatic carbocycles. The predicted molar refractivity (Wildman–Crippen MR) is 58.5 cm³/mol. The Morgan fingerprint density at radius 2 is 2.13 bits per heavy atom. The lowest BCUT2D eigenvalue weighted by Crippen LogP contribution is -2.28. The van der Waals surface area contributed by atoms with E-state index < -0.39 is 12.5 Å². The molecule has 1 N–H and O–H groups in total. The number of ether oxygens (including phenoxy) is 1. The smallest absolute Gasteiger partial charge is 0.288 e. The predicted octanol–water partition coefficient (Wildman–Crippen LogP) is 2.77. The molecular weight excluding hydrogens is 268 g/mol. The van der Waals surface area contributed by atoms with Gasteiger partial charge in [0.2, 0.25) is 0 Å². The number of hydrogen-bond donors (Lipinski definition) is 1. The Labute approximate surface area is 95.8 Å². The van der Waals surface area contributed by atoms with Crippen LogP contribution >= 0.6 is 15.9 Å². The molecule has 0 atom stereocenters. The second kappa shape index (κ2) is 4.90. The van der Waals surface area contributed by atoms with Crippen LogP contribution in [0.3, 0.4) is 0 Å². The lowest BCUT2D eigenvalue weighted by molar-refractivity contribution is -0.00346. The van der Waals surface area contributed by atoms with Gasteiger partial charge in [-0.15, -0.1) is 0 Å². The average molecular weight is 280 g/mol. The van der Waals surface area contributed by atoms with Gasteiger partial charge in [-0.05, 0) is 25.2 Å². The normalized spacial score (nSPS) is 11.5.